The average Bonchev–Trinajstić information content (AvgIpc) is 2.54. The molecule has 1 aliphatic heterocycles. The normalized spacial score (nSPS) is 16.6. The maximum absolute atomic E-state index is 12.2. The maximum atomic E-state index is 12.2. The number of nitrogens with one attached hydrogen (secondary N) is 1. The summed E-state index contributed by atoms with van der Waals surface area (Å²) in [6, 6.07) is 7.61. The highest BCUT2D eigenvalue weighted by atomic mass is 16.2. The number of piperidine rings is 1. The van der Waals surface area contributed by atoms with Gasteiger partial charge in [0, 0.05) is 13.1 Å². The molecule has 1 aromatic carbocycles. The maximum Gasteiger partial charge on any atom is 0.241 e. The van der Waals surface area contributed by atoms with E-state index in [9.17, 15) is 4.79 Å². The van der Waals surface area contributed by atoms with Gasteiger partial charge < -0.3 is 16.0 Å². The molecule has 4 nitrogen and oxygen atoms in total. The zero-order valence-electron chi connectivity index (χ0n) is 13.0. The number of carbonyl (C=O) groups is 1. The van der Waals surface area contributed by atoms with E-state index >= 15 is 0 Å². The summed E-state index contributed by atoms with van der Waals surface area (Å²) in [5.41, 5.74) is 7.96. The molecule has 4 heteroatoms. The number of benzene rings is 1. The molecule has 0 saturated carbocycles. The fourth-order valence-electron chi connectivity index (χ4n) is 2.77. The molecular weight excluding hydrogens is 262 g/mol. The number of unbranched alkanes of at least 4 members (excludes halogenated alkanes) is 1. The molecule has 1 saturated heterocycles. The molecule has 1 atom stereocenters. The Bertz CT molecular complexity index is 455. The molecular formula is C17H27N3O. The van der Waals surface area contributed by atoms with Crippen LogP contribution in [0.4, 0.5) is 11.4 Å². The summed E-state index contributed by atoms with van der Waals surface area (Å²) < 4.78 is 0. The summed E-state index contributed by atoms with van der Waals surface area (Å²) in [7, 11) is 0. The lowest BCUT2D eigenvalue weighted by Gasteiger charge is -2.30. The predicted octanol–water partition coefficient (Wildman–Crippen LogP) is 3.13. The summed E-state index contributed by atoms with van der Waals surface area (Å²) in [6.07, 6.45) is 6.53. The highest BCUT2D eigenvalue weighted by Gasteiger charge is 2.18. The topological polar surface area (TPSA) is 58.4 Å². The van der Waals surface area contributed by atoms with E-state index in [-0.39, 0.29) is 5.91 Å². The van der Waals surface area contributed by atoms with Crippen molar-refractivity contribution in [2.45, 2.75) is 51.5 Å². The van der Waals surface area contributed by atoms with E-state index in [1.807, 2.05) is 18.2 Å². The summed E-state index contributed by atoms with van der Waals surface area (Å²) in [5.74, 6) is -0.0760. The van der Waals surface area contributed by atoms with Crippen LogP contribution in [0.1, 0.15) is 45.4 Å². The molecule has 0 bridgehead atoms. The van der Waals surface area contributed by atoms with Crippen molar-refractivity contribution in [3.05, 3.63) is 24.3 Å². The molecule has 0 radical (unpaired) electrons. The molecule has 2 rings (SSSR count). The quantitative estimate of drug-likeness (QED) is 0.846. The lowest BCUT2D eigenvalue weighted by Crippen LogP contribution is -2.36. The first-order chi connectivity index (χ1) is 10.2. The Kier molecular flexibility index (Phi) is 6.05. The first kappa shape index (κ1) is 15.8. The number of carbonyl (C=O) groups excluding carboxylic acids is 1. The fourth-order valence-corrected chi connectivity index (χ4v) is 2.77. The Morgan fingerprint density at radius 1 is 1.29 bits per heavy atom. The lowest BCUT2D eigenvalue weighted by atomic mass is 10.1. The Morgan fingerprint density at radius 3 is 2.71 bits per heavy atom. The van der Waals surface area contributed by atoms with Gasteiger partial charge in [-0.05, 0) is 37.8 Å². The van der Waals surface area contributed by atoms with E-state index in [2.05, 4.69) is 23.2 Å². The third-order valence-corrected chi connectivity index (χ3v) is 4.06. The number of hydrogen-bond donors (Lipinski definition) is 2. The summed E-state index contributed by atoms with van der Waals surface area (Å²) in [6.45, 7) is 4.24. The van der Waals surface area contributed by atoms with Gasteiger partial charge in [0.25, 0.3) is 0 Å². The van der Waals surface area contributed by atoms with Gasteiger partial charge in [-0.2, -0.15) is 0 Å². The van der Waals surface area contributed by atoms with E-state index < -0.39 is 6.04 Å². The van der Waals surface area contributed by atoms with Crippen LogP contribution in [0.2, 0.25) is 0 Å². The second-order valence-electron chi connectivity index (χ2n) is 5.80. The zero-order valence-corrected chi connectivity index (χ0v) is 13.0. The van der Waals surface area contributed by atoms with Crippen LogP contribution >= 0.6 is 0 Å². The summed E-state index contributed by atoms with van der Waals surface area (Å²) in [5, 5.41) is 3.01. The van der Waals surface area contributed by atoms with Crippen LogP contribution < -0.4 is 16.0 Å². The summed E-state index contributed by atoms with van der Waals surface area (Å²) >= 11 is 0. The van der Waals surface area contributed by atoms with Crippen LogP contribution in [-0.2, 0) is 4.79 Å². The second-order valence-corrected chi connectivity index (χ2v) is 5.80. The minimum absolute atomic E-state index is 0.0760. The van der Waals surface area contributed by atoms with E-state index in [4.69, 9.17) is 5.73 Å². The van der Waals surface area contributed by atoms with Crippen LogP contribution in [0.25, 0.3) is 0 Å². The van der Waals surface area contributed by atoms with Gasteiger partial charge in [0.05, 0.1) is 17.4 Å². The third-order valence-electron chi connectivity index (χ3n) is 4.06. The van der Waals surface area contributed by atoms with Crippen molar-refractivity contribution < 1.29 is 4.79 Å². The number of nitrogens with two attached hydrogens (primary N) is 1. The standard InChI is InChI=1S/C17H27N3O/c1-2-3-9-14(18)17(21)19-15-10-5-6-11-16(15)20-12-7-4-8-13-20/h5-6,10-11,14H,2-4,7-9,12-13,18H2,1H3,(H,19,21)/t14-/m0/s1. The number of hydrogen-bond acceptors (Lipinski definition) is 3. The minimum Gasteiger partial charge on any atom is -0.370 e. The average molecular weight is 289 g/mol. The smallest absolute Gasteiger partial charge is 0.241 e. The van der Waals surface area contributed by atoms with E-state index in [1.54, 1.807) is 0 Å². The zero-order chi connectivity index (χ0) is 15.1. The molecule has 116 valence electrons. The van der Waals surface area contributed by atoms with Crippen molar-refractivity contribution in [2.24, 2.45) is 5.73 Å². The van der Waals surface area contributed by atoms with Gasteiger partial charge in [-0.25, -0.2) is 0 Å². The predicted molar refractivity (Wildman–Crippen MR) is 88.6 cm³/mol. The van der Waals surface area contributed by atoms with Gasteiger partial charge in [0.15, 0.2) is 0 Å². The Morgan fingerprint density at radius 2 is 2.00 bits per heavy atom. The van der Waals surface area contributed by atoms with Crippen molar-refractivity contribution >= 4 is 17.3 Å². The summed E-state index contributed by atoms with van der Waals surface area (Å²) in [4.78, 5) is 14.6. The molecule has 1 heterocycles. The van der Waals surface area contributed by atoms with Gasteiger partial charge in [-0.15, -0.1) is 0 Å². The van der Waals surface area contributed by atoms with Crippen molar-refractivity contribution in [2.75, 3.05) is 23.3 Å². The van der Waals surface area contributed by atoms with Gasteiger partial charge in [0.2, 0.25) is 5.91 Å². The van der Waals surface area contributed by atoms with Gasteiger partial charge in [-0.3, -0.25) is 4.79 Å². The van der Waals surface area contributed by atoms with Crippen LogP contribution in [0.5, 0.6) is 0 Å². The van der Waals surface area contributed by atoms with Crippen LogP contribution in [-0.4, -0.2) is 25.0 Å². The number of amides is 1. The van der Waals surface area contributed by atoms with Crippen molar-refractivity contribution in [3.8, 4) is 0 Å². The molecule has 0 unspecified atom stereocenters. The molecule has 21 heavy (non-hydrogen) atoms. The van der Waals surface area contributed by atoms with Crippen molar-refractivity contribution in [1.82, 2.24) is 0 Å². The van der Waals surface area contributed by atoms with Crippen molar-refractivity contribution in [1.29, 1.82) is 0 Å². The van der Waals surface area contributed by atoms with Crippen LogP contribution in [0.3, 0.4) is 0 Å². The van der Waals surface area contributed by atoms with Gasteiger partial charge in [0.1, 0.15) is 0 Å². The Labute approximate surface area is 127 Å². The Hall–Kier alpha value is -1.55. The largest absolute Gasteiger partial charge is 0.370 e. The number of anilines is 2. The molecule has 0 aromatic heterocycles. The first-order valence-electron chi connectivity index (χ1n) is 8.12. The third kappa shape index (κ3) is 4.46. The second kappa shape index (κ2) is 8.03. The number of para-hydroxylation sites is 2. The molecule has 1 aromatic rings. The fraction of sp³-hybridized carbons (Fsp3) is 0.588. The molecule has 1 amide bonds. The van der Waals surface area contributed by atoms with E-state index in [0.717, 1.165) is 43.7 Å². The van der Waals surface area contributed by atoms with Crippen LogP contribution in [0, 0.1) is 0 Å². The van der Waals surface area contributed by atoms with Gasteiger partial charge in [-0.1, -0.05) is 31.9 Å². The highest BCUT2D eigenvalue weighted by molar-refractivity contribution is 5.97. The molecule has 3 N–H and O–H groups in total. The highest BCUT2D eigenvalue weighted by Crippen LogP contribution is 2.28. The molecule has 1 fully saturated rings. The Balaban J connectivity index is 2.03. The minimum atomic E-state index is -0.417. The number of rotatable bonds is 6. The monoisotopic (exact) mass is 289 g/mol. The first-order valence-corrected chi connectivity index (χ1v) is 8.12. The van der Waals surface area contributed by atoms with Gasteiger partial charge >= 0.3 is 0 Å². The molecule has 0 aliphatic carbocycles. The SMILES string of the molecule is CCCC[C@H](N)C(=O)Nc1ccccc1N1CCCCC1. The number of nitrogens with zero attached hydrogens (tertiary/aromatic N) is 1. The van der Waals surface area contributed by atoms with E-state index in [1.165, 1.54) is 19.3 Å². The van der Waals surface area contributed by atoms with E-state index in [0.29, 0.717) is 0 Å². The van der Waals surface area contributed by atoms with Crippen molar-refractivity contribution in [3.63, 3.8) is 0 Å². The molecule has 1 aliphatic rings. The lowest BCUT2D eigenvalue weighted by molar-refractivity contribution is -0.117. The molecule has 0 spiro atoms. The van der Waals surface area contributed by atoms with Crippen LogP contribution in [0.15, 0.2) is 24.3 Å².